The van der Waals surface area contributed by atoms with Gasteiger partial charge in [-0.15, -0.1) is 13.2 Å². The summed E-state index contributed by atoms with van der Waals surface area (Å²) in [4.78, 5) is 0. The van der Waals surface area contributed by atoms with Gasteiger partial charge in [-0.3, -0.25) is 0 Å². The molecule has 2 aromatic carbocycles. The zero-order chi connectivity index (χ0) is 24.6. The van der Waals surface area contributed by atoms with Crippen molar-refractivity contribution in [1.29, 1.82) is 0 Å². The minimum Gasteiger partial charge on any atom is -0.399 e. The largest absolute Gasteiger partial charge is 0.573 e. The van der Waals surface area contributed by atoms with Crippen molar-refractivity contribution in [1.82, 2.24) is 0 Å². The van der Waals surface area contributed by atoms with Gasteiger partial charge in [0.15, 0.2) is 11.6 Å². The predicted octanol–water partition coefficient (Wildman–Crippen LogP) is 8.34. The van der Waals surface area contributed by atoms with Crippen LogP contribution in [0.25, 0.3) is 0 Å². The average molecular weight is 486 g/mol. The summed E-state index contributed by atoms with van der Waals surface area (Å²) in [6.45, 7) is 2.02. The Morgan fingerprint density at radius 1 is 0.941 bits per heavy atom. The first-order valence-corrected chi connectivity index (χ1v) is 11.5. The molecule has 2 aliphatic carbocycles. The Labute approximate surface area is 193 Å². The summed E-state index contributed by atoms with van der Waals surface area (Å²) >= 11 is 0. The van der Waals surface area contributed by atoms with E-state index in [2.05, 4.69) is 4.74 Å². The van der Waals surface area contributed by atoms with Gasteiger partial charge in [0.2, 0.25) is 5.75 Å². The van der Waals surface area contributed by atoms with E-state index >= 15 is 0 Å². The molecule has 34 heavy (non-hydrogen) atoms. The van der Waals surface area contributed by atoms with Crippen LogP contribution in [0, 0.1) is 35.1 Å². The molecule has 184 valence electrons. The van der Waals surface area contributed by atoms with E-state index in [9.17, 15) is 30.7 Å². The SMILES string of the molecule is CCC/C=C/[C@@H]1CC[C@H]2c3cc(F)cc(F)c3CC[C@@H]2[C@H]1c1cc(F)c(OC(F)(F)F)c(F)c1. The minimum atomic E-state index is -5.23. The Kier molecular flexibility index (Phi) is 6.97. The number of fused-ring (bicyclic) bond motifs is 3. The lowest BCUT2D eigenvalue weighted by Gasteiger charge is -2.46. The van der Waals surface area contributed by atoms with Crippen molar-refractivity contribution < 1.29 is 35.5 Å². The molecule has 1 fully saturated rings. The van der Waals surface area contributed by atoms with Crippen molar-refractivity contribution in [3.8, 4) is 5.75 Å². The van der Waals surface area contributed by atoms with Crippen LogP contribution in [0.15, 0.2) is 36.4 Å². The van der Waals surface area contributed by atoms with Crippen LogP contribution in [0.4, 0.5) is 30.7 Å². The Bertz CT molecular complexity index is 1050. The molecule has 0 spiro atoms. The number of benzene rings is 2. The Balaban J connectivity index is 1.76. The zero-order valence-corrected chi connectivity index (χ0v) is 18.6. The third-order valence-corrected chi connectivity index (χ3v) is 7.03. The topological polar surface area (TPSA) is 9.23 Å². The second-order valence-electron chi connectivity index (χ2n) is 9.11. The number of halogens is 7. The summed E-state index contributed by atoms with van der Waals surface area (Å²) in [6.07, 6.45) is 2.65. The molecule has 0 aliphatic heterocycles. The van der Waals surface area contributed by atoms with Crippen LogP contribution >= 0.6 is 0 Å². The van der Waals surface area contributed by atoms with Crippen molar-refractivity contribution in [3.05, 3.63) is 76.4 Å². The van der Waals surface area contributed by atoms with Crippen molar-refractivity contribution in [2.24, 2.45) is 11.8 Å². The maximum atomic E-state index is 14.6. The van der Waals surface area contributed by atoms with Crippen molar-refractivity contribution in [2.75, 3.05) is 0 Å². The molecule has 0 bridgehead atoms. The first-order chi connectivity index (χ1) is 16.1. The van der Waals surface area contributed by atoms with Gasteiger partial charge in [-0.25, -0.2) is 17.6 Å². The van der Waals surface area contributed by atoms with Gasteiger partial charge in [0.25, 0.3) is 0 Å². The molecule has 4 rings (SSSR count). The van der Waals surface area contributed by atoms with Gasteiger partial charge in [0.05, 0.1) is 0 Å². The van der Waals surface area contributed by atoms with Crippen LogP contribution < -0.4 is 4.74 Å². The van der Waals surface area contributed by atoms with Crippen LogP contribution in [-0.2, 0) is 6.42 Å². The van der Waals surface area contributed by atoms with E-state index in [1.807, 2.05) is 19.1 Å². The van der Waals surface area contributed by atoms with Gasteiger partial charge >= 0.3 is 6.36 Å². The quantitative estimate of drug-likeness (QED) is 0.305. The lowest BCUT2D eigenvalue weighted by Crippen LogP contribution is -2.35. The number of unbranched alkanes of at least 4 members (excludes halogenated alkanes) is 1. The molecular weight excluding hydrogens is 461 g/mol. The minimum absolute atomic E-state index is 0.110. The smallest absolute Gasteiger partial charge is 0.399 e. The van der Waals surface area contributed by atoms with Crippen LogP contribution in [0.3, 0.4) is 0 Å². The molecule has 1 nitrogen and oxygen atoms in total. The highest BCUT2D eigenvalue weighted by Gasteiger charge is 2.44. The molecule has 0 amide bonds. The highest BCUT2D eigenvalue weighted by molar-refractivity contribution is 5.40. The van der Waals surface area contributed by atoms with Gasteiger partial charge in [-0.2, -0.15) is 0 Å². The van der Waals surface area contributed by atoms with E-state index in [1.165, 1.54) is 6.07 Å². The Morgan fingerprint density at radius 3 is 2.29 bits per heavy atom. The lowest BCUT2D eigenvalue weighted by atomic mass is 9.58. The molecule has 0 N–H and O–H groups in total. The molecular formula is C26H25F7O. The molecule has 0 unspecified atom stereocenters. The number of alkyl halides is 3. The van der Waals surface area contributed by atoms with E-state index in [0.717, 1.165) is 31.0 Å². The maximum absolute atomic E-state index is 14.6. The number of hydrogen-bond donors (Lipinski definition) is 0. The first kappa shape index (κ1) is 24.6. The third kappa shape index (κ3) is 4.96. The van der Waals surface area contributed by atoms with Crippen LogP contribution in [0.5, 0.6) is 5.75 Å². The molecule has 4 atom stereocenters. The van der Waals surface area contributed by atoms with E-state index in [4.69, 9.17) is 0 Å². The second kappa shape index (κ2) is 9.62. The van der Waals surface area contributed by atoms with E-state index < -0.39 is 41.3 Å². The standard InChI is InChI=1S/C26H25F7O/c1-2-3-4-5-14-6-7-17-19(9-8-18-20(17)12-16(27)13-21(18)28)24(14)15-10-22(29)25(23(30)11-15)34-26(31,32)33/h4-5,10-14,17,19,24H,2-3,6-9H2,1H3/b5-4+/t14-,17-,19+,24-/m1/s1. The molecule has 0 saturated heterocycles. The van der Waals surface area contributed by atoms with Gasteiger partial charge in [0, 0.05) is 6.07 Å². The van der Waals surface area contributed by atoms with Crippen molar-refractivity contribution >= 4 is 0 Å². The van der Waals surface area contributed by atoms with Gasteiger partial charge in [0.1, 0.15) is 11.6 Å². The molecule has 0 heterocycles. The number of hydrogen-bond acceptors (Lipinski definition) is 1. The summed E-state index contributed by atoms with van der Waals surface area (Å²) in [5.41, 5.74) is 1.27. The maximum Gasteiger partial charge on any atom is 0.573 e. The summed E-state index contributed by atoms with van der Waals surface area (Å²) < 4.78 is 99.0. The van der Waals surface area contributed by atoms with E-state index in [1.54, 1.807) is 0 Å². The molecule has 2 aliphatic rings. The van der Waals surface area contributed by atoms with E-state index in [-0.39, 0.29) is 23.3 Å². The molecule has 2 aromatic rings. The van der Waals surface area contributed by atoms with Gasteiger partial charge in [-0.1, -0.05) is 25.5 Å². The fraction of sp³-hybridized carbons (Fsp3) is 0.462. The normalized spacial score (nSPS) is 24.7. The summed E-state index contributed by atoms with van der Waals surface area (Å²) in [5.74, 6) is -6.54. The van der Waals surface area contributed by atoms with Crippen LogP contribution in [0.2, 0.25) is 0 Å². The van der Waals surface area contributed by atoms with Crippen molar-refractivity contribution in [3.63, 3.8) is 0 Å². The number of ether oxygens (including phenoxy) is 1. The zero-order valence-electron chi connectivity index (χ0n) is 18.6. The summed E-state index contributed by atoms with van der Waals surface area (Å²) in [6, 6.07) is 4.00. The lowest BCUT2D eigenvalue weighted by molar-refractivity contribution is -0.276. The molecule has 1 saturated carbocycles. The first-order valence-electron chi connectivity index (χ1n) is 11.5. The predicted molar refractivity (Wildman–Crippen MR) is 113 cm³/mol. The fourth-order valence-electron chi connectivity index (χ4n) is 5.76. The second-order valence-corrected chi connectivity index (χ2v) is 9.11. The van der Waals surface area contributed by atoms with Crippen LogP contribution in [-0.4, -0.2) is 6.36 Å². The third-order valence-electron chi connectivity index (χ3n) is 7.03. The average Bonchev–Trinajstić information content (AvgIpc) is 2.75. The highest BCUT2D eigenvalue weighted by Crippen LogP contribution is 2.55. The van der Waals surface area contributed by atoms with Gasteiger partial charge in [-0.05, 0) is 90.7 Å². The molecule has 0 aromatic heterocycles. The Morgan fingerprint density at radius 2 is 1.65 bits per heavy atom. The molecule has 0 radical (unpaired) electrons. The van der Waals surface area contributed by atoms with E-state index in [0.29, 0.717) is 36.8 Å². The summed E-state index contributed by atoms with van der Waals surface area (Å²) in [7, 11) is 0. The number of allylic oxidation sites excluding steroid dienone is 2. The van der Waals surface area contributed by atoms with Crippen molar-refractivity contribution in [2.45, 2.75) is 63.6 Å². The van der Waals surface area contributed by atoms with Gasteiger partial charge < -0.3 is 4.74 Å². The van der Waals surface area contributed by atoms with Crippen LogP contribution in [0.1, 0.15) is 67.6 Å². The monoisotopic (exact) mass is 486 g/mol. The fourth-order valence-corrected chi connectivity index (χ4v) is 5.76. The molecule has 8 heteroatoms. The Hall–Kier alpha value is -2.51. The number of rotatable bonds is 5. The summed E-state index contributed by atoms with van der Waals surface area (Å²) in [5, 5.41) is 0. The highest BCUT2D eigenvalue weighted by atomic mass is 19.4.